The molecule has 0 aliphatic heterocycles. The second-order valence-electron chi connectivity index (χ2n) is 5.06. The lowest BCUT2D eigenvalue weighted by Crippen LogP contribution is -2.20. The molecule has 24 heavy (non-hydrogen) atoms. The predicted molar refractivity (Wildman–Crippen MR) is 91.9 cm³/mol. The Morgan fingerprint density at radius 1 is 1.08 bits per heavy atom. The molecule has 2 aromatic rings. The van der Waals surface area contributed by atoms with E-state index in [1.165, 1.54) is 19.2 Å². The molecule has 1 N–H and O–H groups in total. The van der Waals surface area contributed by atoms with E-state index in [9.17, 15) is 13.2 Å². The van der Waals surface area contributed by atoms with Crippen LogP contribution in [0.3, 0.4) is 0 Å². The number of nitrogens with one attached hydrogen (secondary N) is 1. The lowest BCUT2D eigenvalue weighted by atomic mass is 10.2. The summed E-state index contributed by atoms with van der Waals surface area (Å²) < 4.78 is 36.8. The van der Waals surface area contributed by atoms with Gasteiger partial charge in [-0.15, -0.1) is 0 Å². The Hall–Kier alpha value is -2.54. The molecule has 0 aliphatic rings. The van der Waals surface area contributed by atoms with Crippen molar-refractivity contribution in [2.75, 3.05) is 24.7 Å². The van der Waals surface area contributed by atoms with Crippen molar-refractivity contribution in [3.63, 3.8) is 0 Å². The Morgan fingerprint density at radius 2 is 1.83 bits per heavy atom. The van der Waals surface area contributed by atoms with Gasteiger partial charge in [-0.2, -0.15) is 0 Å². The van der Waals surface area contributed by atoms with Crippen LogP contribution in [0.1, 0.15) is 15.9 Å². The Labute approximate surface area is 141 Å². The number of esters is 1. The zero-order valence-corrected chi connectivity index (χ0v) is 14.3. The summed E-state index contributed by atoms with van der Waals surface area (Å²) in [5, 5.41) is 0. The van der Waals surface area contributed by atoms with E-state index < -0.39 is 16.0 Å². The number of ether oxygens (including phenoxy) is 2. The topological polar surface area (TPSA) is 81.7 Å². The van der Waals surface area contributed by atoms with Crippen LogP contribution >= 0.6 is 0 Å². The Morgan fingerprint density at radius 3 is 2.54 bits per heavy atom. The molecule has 0 bridgehead atoms. The van der Waals surface area contributed by atoms with Crippen LogP contribution < -0.4 is 9.46 Å². The van der Waals surface area contributed by atoms with E-state index >= 15 is 0 Å². The first-order chi connectivity index (χ1) is 11.4. The van der Waals surface area contributed by atoms with Gasteiger partial charge in [0.05, 0.1) is 31.2 Å². The van der Waals surface area contributed by atoms with Crippen molar-refractivity contribution in [2.45, 2.75) is 6.42 Å². The second kappa shape index (κ2) is 7.83. The number of para-hydroxylation sites is 1. The smallest absolute Gasteiger partial charge is 0.339 e. The molecule has 6 nitrogen and oxygen atoms in total. The highest BCUT2D eigenvalue weighted by molar-refractivity contribution is 7.92. The van der Waals surface area contributed by atoms with Gasteiger partial charge in [-0.25, -0.2) is 13.2 Å². The summed E-state index contributed by atoms with van der Waals surface area (Å²) in [7, 11) is -0.812. The van der Waals surface area contributed by atoms with Crippen LogP contribution in [0.4, 0.5) is 5.69 Å². The lowest BCUT2D eigenvalue weighted by molar-refractivity contribution is 0.0602. The molecule has 0 heterocycles. The van der Waals surface area contributed by atoms with Gasteiger partial charge in [0, 0.05) is 0 Å². The molecule has 0 radical (unpaired) electrons. The van der Waals surface area contributed by atoms with Gasteiger partial charge in [0.15, 0.2) is 0 Å². The van der Waals surface area contributed by atoms with Crippen molar-refractivity contribution in [1.29, 1.82) is 0 Å². The third kappa shape index (κ3) is 4.73. The highest BCUT2D eigenvalue weighted by Crippen LogP contribution is 2.18. The molecule has 128 valence electrons. The fourth-order valence-corrected chi connectivity index (χ4v) is 3.28. The van der Waals surface area contributed by atoms with Crippen molar-refractivity contribution in [1.82, 2.24) is 0 Å². The Kier molecular flexibility index (Phi) is 5.81. The van der Waals surface area contributed by atoms with Crippen molar-refractivity contribution in [2.24, 2.45) is 0 Å². The molecule has 7 heteroatoms. The summed E-state index contributed by atoms with van der Waals surface area (Å²) in [6.45, 7) is 0. The van der Waals surface area contributed by atoms with Crippen molar-refractivity contribution in [3.8, 4) is 5.75 Å². The van der Waals surface area contributed by atoms with E-state index in [0.29, 0.717) is 12.2 Å². The van der Waals surface area contributed by atoms with Crippen LogP contribution in [0.2, 0.25) is 0 Å². The van der Waals surface area contributed by atoms with Crippen LogP contribution in [0.5, 0.6) is 5.75 Å². The molecule has 0 saturated heterocycles. The fourth-order valence-electron chi connectivity index (χ4n) is 2.16. The second-order valence-corrected chi connectivity index (χ2v) is 6.90. The van der Waals surface area contributed by atoms with E-state index in [-0.39, 0.29) is 17.0 Å². The number of hydrogen-bond acceptors (Lipinski definition) is 5. The van der Waals surface area contributed by atoms with Gasteiger partial charge in [-0.3, -0.25) is 4.72 Å². The molecule has 0 fully saturated rings. The number of methoxy groups -OCH3 is 2. The van der Waals surface area contributed by atoms with Gasteiger partial charge in [-0.05, 0) is 36.2 Å². The summed E-state index contributed by atoms with van der Waals surface area (Å²) in [6.07, 6.45) is 0.326. The van der Waals surface area contributed by atoms with Crippen molar-refractivity contribution < 1.29 is 22.7 Å². The van der Waals surface area contributed by atoms with E-state index in [1.54, 1.807) is 37.4 Å². The maximum absolute atomic E-state index is 12.3. The first kappa shape index (κ1) is 17.8. The molecule has 0 aliphatic carbocycles. The fraction of sp³-hybridized carbons (Fsp3) is 0.235. The lowest BCUT2D eigenvalue weighted by Gasteiger charge is -2.11. The Balaban J connectivity index is 2.10. The highest BCUT2D eigenvalue weighted by atomic mass is 32.2. The molecule has 0 spiro atoms. The van der Waals surface area contributed by atoms with E-state index in [1.807, 2.05) is 6.07 Å². The SMILES string of the molecule is COC(=O)c1ccccc1NS(=O)(=O)CCc1cccc(OC)c1. The maximum Gasteiger partial charge on any atom is 0.339 e. The zero-order valence-electron chi connectivity index (χ0n) is 13.5. The van der Waals surface area contributed by atoms with Crippen LogP contribution in [-0.2, 0) is 21.2 Å². The molecule has 2 rings (SSSR count). The average Bonchev–Trinajstić information content (AvgIpc) is 2.60. The number of benzene rings is 2. The zero-order chi connectivity index (χ0) is 17.6. The number of carbonyl (C=O) groups is 1. The van der Waals surface area contributed by atoms with Crippen LogP contribution in [-0.4, -0.2) is 34.4 Å². The third-order valence-electron chi connectivity index (χ3n) is 3.39. The van der Waals surface area contributed by atoms with Gasteiger partial charge >= 0.3 is 5.97 Å². The minimum absolute atomic E-state index is 0.115. The number of rotatable bonds is 7. The first-order valence-corrected chi connectivity index (χ1v) is 8.91. The van der Waals surface area contributed by atoms with Gasteiger partial charge in [0.25, 0.3) is 0 Å². The highest BCUT2D eigenvalue weighted by Gasteiger charge is 2.17. The number of carbonyl (C=O) groups excluding carboxylic acids is 1. The molecule has 0 atom stereocenters. The van der Waals surface area contributed by atoms with Gasteiger partial charge in [0.2, 0.25) is 10.0 Å². The summed E-state index contributed by atoms with van der Waals surface area (Å²) in [5.74, 6) is -0.0367. The molecular weight excluding hydrogens is 330 g/mol. The molecular formula is C17H19NO5S. The number of hydrogen-bond donors (Lipinski definition) is 1. The first-order valence-electron chi connectivity index (χ1n) is 7.26. The van der Waals surface area contributed by atoms with Crippen LogP contribution in [0, 0.1) is 0 Å². The molecule has 0 aromatic heterocycles. The quantitative estimate of drug-likeness (QED) is 0.777. The van der Waals surface area contributed by atoms with Crippen LogP contribution in [0.15, 0.2) is 48.5 Å². The number of anilines is 1. The van der Waals surface area contributed by atoms with Gasteiger partial charge in [0.1, 0.15) is 5.75 Å². The van der Waals surface area contributed by atoms with Crippen molar-refractivity contribution >= 4 is 21.7 Å². The standard InChI is InChI=1S/C17H19NO5S/c1-22-14-7-5-6-13(12-14)10-11-24(20,21)18-16-9-4-3-8-15(16)17(19)23-2/h3-9,12,18H,10-11H2,1-2H3. The van der Waals surface area contributed by atoms with E-state index in [0.717, 1.165) is 5.56 Å². The summed E-state index contributed by atoms with van der Waals surface area (Å²) in [5.41, 5.74) is 1.22. The predicted octanol–water partition coefficient (Wildman–Crippen LogP) is 2.47. The minimum Gasteiger partial charge on any atom is -0.497 e. The van der Waals surface area contributed by atoms with Gasteiger partial charge in [-0.1, -0.05) is 24.3 Å². The molecule has 2 aromatic carbocycles. The largest absolute Gasteiger partial charge is 0.497 e. The van der Waals surface area contributed by atoms with Crippen LogP contribution in [0.25, 0.3) is 0 Å². The van der Waals surface area contributed by atoms with Gasteiger partial charge < -0.3 is 9.47 Å². The maximum atomic E-state index is 12.3. The summed E-state index contributed by atoms with van der Waals surface area (Å²) >= 11 is 0. The van der Waals surface area contributed by atoms with Crippen molar-refractivity contribution in [3.05, 3.63) is 59.7 Å². The summed E-state index contributed by atoms with van der Waals surface area (Å²) in [6, 6.07) is 13.5. The molecule has 0 amide bonds. The van der Waals surface area contributed by atoms with E-state index in [4.69, 9.17) is 4.74 Å². The average molecular weight is 349 g/mol. The normalized spacial score (nSPS) is 10.9. The molecule has 0 unspecified atom stereocenters. The Bertz CT molecular complexity index is 817. The monoisotopic (exact) mass is 349 g/mol. The number of aryl methyl sites for hydroxylation is 1. The third-order valence-corrected chi connectivity index (χ3v) is 4.66. The summed E-state index contributed by atoms with van der Waals surface area (Å²) in [4.78, 5) is 11.7. The minimum atomic E-state index is -3.62. The number of sulfonamides is 1. The van der Waals surface area contributed by atoms with E-state index in [2.05, 4.69) is 9.46 Å². The molecule has 0 saturated carbocycles.